The summed E-state index contributed by atoms with van der Waals surface area (Å²) < 4.78 is 40.8. The molecule has 0 bridgehead atoms. The second-order valence-electron chi connectivity index (χ2n) is 3.91. The third-order valence-electron chi connectivity index (χ3n) is 2.48. The predicted molar refractivity (Wildman–Crippen MR) is 73.0 cm³/mol. The second-order valence-corrected chi connectivity index (χ2v) is 4.31. The number of nitrogens with one attached hydrogen (secondary N) is 2. The summed E-state index contributed by atoms with van der Waals surface area (Å²) in [6.07, 6.45) is 0. The van der Waals surface area contributed by atoms with Gasteiger partial charge in [-0.2, -0.15) is 0 Å². The maximum atomic E-state index is 13.7. The van der Waals surface area contributed by atoms with Crippen LogP contribution in [0.2, 0.25) is 5.02 Å². The van der Waals surface area contributed by atoms with Crippen LogP contribution < -0.4 is 10.6 Å². The summed E-state index contributed by atoms with van der Waals surface area (Å²) in [7, 11) is 0. The summed E-state index contributed by atoms with van der Waals surface area (Å²) in [4.78, 5) is 3.75. The van der Waals surface area contributed by atoms with Gasteiger partial charge in [-0.05, 0) is 19.1 Å². The highest BCUT2D eigenvalue weighted by Gasteiger charge is 2.14. The quantitative estimate of drug-likeness (QED) is 0.882. The lowest BCUT2D eigenvalue weighted by atomic mass is 10.3. The fourth-order valence-corrected chi connectivity index (χ4v) is 1.75. The molecule has 1 heterocycles. The molecule has 0 saturated heterocycles. The zero-order valence-electron chi connectivity index (χ0n) is 10.5. The number of halogens is 4. The van der Waals surface area contributed by atoms with Crippen molar-refractivity contribution in [2.24, 2.45) is 0 Å². The minimum Gasteiger partial charge on any atom is -0.368 e. The monoisotopic (exact) mass is 301 g/mol. The number of rotatable bonds is 4. The Kier molecular flexibility index (Phi) is 4.34. The highest BCUT2D eigenvalue weighted by atomic mass is 35.5. The molecule has 0 unspecified atom stereocenters. The van der Waals surface area contributed by atoms with Crippen LogP contribution in [-0.2, 0) is 0 Å². The van der Waals surface area contributed by atoms with Crippen LogP contribution in [0.1, 0.15) is 6.92 Å². The molecule has 0 amide bonds. The topological polar surface area (TPSA) is 37.0 Å². The van der Waals surface area contributed by atoms with Crippen molar-refractivity contribution < 1.29 is 13.2 Å². The molecule has 0 aliphatic carbocycles. The van der Waals surface area contributed by atoms with Gasteiger partial charge in [-0.1, -0.05) is 17.7 Å². The van der Waals surface area contributed by atoms with Gasteiger partial charge in [0.25, 0.3) is 0 Å². The summed E-state index contributed by atoms with van der Waals surface area (Å²) in [6, 6.07) is 4.91. The lowest BCUT2D eigenvalue weighted by molar-refractivity contribution is 0.579. The van der Waals surface area contributed by atoms with E-state index in [1.54, 1.807) is 6.92 Å². The standard InChI is InChI=1S/C13H11ClF3N3/c1-2-18-12-8(15)6-9(16)13(20-12)19-10-5-3-4-7(14)11(10)17/h3-6H,2H2,1H3,(H2,18,19,20). The fraction of sp³-hybridized carbons (Fsp3) is 0.154. The Labute approximate surface area is 118 Å². The van der Waals surface area contributed by atoms with Crippen LogP contribution in [0, 0.1) is 17.5 Å². The normalized spacial score (nSPS) is 10.4. The largest absolute Gasteiger partial charge is 0.368 e. The lowest BCUT2D eigenvalue weighted by Crippen LogP contribution is -2.07. The van der Waals surface area contributed by atoms with Crippen LogP contribution in [0.4, 0.5) is 30.5 Å². The molecule has 0 fully saturated rings. The zero-order chi connectivity index (χ0) is 14.7. The van der Waals surface area contributed by atoms with E-state index in [4.69, 9.17) is 11.6 Å². The van der Waals surface area contributed by atoms with Crippen LogP contribution in [0.3, 0.4) is 0 Å². The molecule has 106 valence electrons. The fourth-order valence-electron chi connectivity index (χ4n) is 1.57. The number of nitrogens with zero attached hydrogens (tertiary/aromatic N) is 1. The first-order chi connectivity index (χ1) is 9.52. The lowest BCUT2D eigenvalue weighted by Gasteiger charge is -2.11. The van der Waals surface area contributed by atoms with Crippen LogP contribution >= 0.6 is 11.6 Å². The van der Waals surface area contributed by atoms with Crippen LogP contribution in [-0.4, -0.2) is 11.5 Å². The van der Waals surface area contributed by atoms with Crippen molar-refractivity contribution in [2.75, 3.05) is 17.2 Å². The number of pyridine rings is 1. The van der Waals surface area contributed by atoms with E-state index in [0.29, 0.717) is 12.6 Å². The van der Waals surface area contributed by atoms with Gasteiger partial charge in [-0.25, -0.2) is 18.2 Å². The molecule has 2 N–H and O–H groups in total. The first-order valence-corrected chi connectivity index (χ1v) is 6.21. The summed E-state index contributed by atoms with van der Waals surface area (Å²) >= 11 is 5.62. The maximum Gasteiger partial charge on any atom is 0.169 e. The Morgan fingerprint density at radius 1 is 1.15 bits per heavy atom. The van der Waals surface area contributed by atoms with Gasteiger partial charge in [0, 0.05) is 12.6 Å². The molecule has 3 nitrogen and oxygen atoms in total. The van der Waals surface area contributed by atoms with Crippen LogP contribution in [0.15, 0.2) is 24.3 Å². The van der Waals surface area contributed by atoms with E-state index in [0.717, 1.165) is 0 Å². The van der Waals surface area contributed by atoms with E-state index in [9.17, 15) is 13.2 Å². The van der Waals surface area contributed by atoms with Gasteiger partial charge < -0.3 is 10.6 Å². The first kappa shape index (κ1) is 14.5. The van der Waals surface area contributed by atoms with Crippen molar-refractivity contribution in [2.45, 2.75) is 6.92 Å². The van der Waals surface area contributed by atoms with Gasteiger partial charge in [0.2, 0.25) is 0 Å². The van der Waals surface area contributed by atoms with Crippen molar-refractivity contribution >= 4 is 28.9 Å². The average Bonchev–Trinajstić information content (AvgIpc) is 2.40. The molecular weight excluding hydrogens is 291 g/mol. The zero-order valence-corrected chi connectivity index (χ0v) is 11.2. The highest BCUT2D eigenvalue weighted by molar-refractivity contribution is 6.31. The molecule has 0 radical (unpaired) electrons. The first-order valence-electron chi connectivity index (χ1n) is 5.84. The third kappa shape index (κ3) is 2.96. The molecule has 0 spiro atoms. The van der Waals surface area contributed by atoms with Gasteiger partial charge >= 0.3 is 0 Å². The smallest absolute Gasteiger partial charge is 0.169 e. The van der Waals surface area contributed by atoms with Gasteiger partial charge in [0.1, 0.15) is 0 Å². The molecular formula is C13H11ClF3N3. The Balaban J connectivity index is 2.38. The van der Waals surface area contributed by atoms with Crippen molar-refractivity contribution in [3.8, 4) is 0 Å². The molecule has 0 atom stereocenters. The van der Waals surface area contributed by atoms with Crippen LogP contribution in [0.25, 0.3) is 0 Å². The highest BCUT2D eigenvalue weighted by Crippen LogP contribution is 2.27. The number of anilines is 3. The molecule has 20 heavy (non-hydrogen) atoms. The number of hydrogen-bond donors (Lipinski definition) is 2. The molecule has 0 aliphatic heterocycles. The minimum atomic E-state index is -0.927. The summed E-state index contributed by atoms with van der Waals surface area (Å²) in [5, 5.41) is 4.99. The summed E-state index contributed by atoms with van der Waals surface area (Å²) in [6.45, 7) is 2.16. The van der Waals surface area contributed by atoms with E-state index in [2.05, 4.69) is 15.6 Å². The van der Waals surface area contributed by atoms with Gasteiger partial charge in [0.15, 0.2) is 29.1 Å². The molecule has 0 saturated carbocycles. The van der Waals surface area contributed by atoms with Crippen molar-refractivity contribution in [3.63, 3.8) is 0 Å². The average molecular weight is 302 g/mol. The summed E-state index contributed by atoms with van der Waals surface area (Å²) in [5.41, 5.74) is -0.0436. The number of benzene rings is 1. The van der Waals surface area contributed by atoms with E-state index < -0.39 is 17.5 Å². The number of aromatic nitrogens is 1. The molecule has 7 heteroatoms. The van der Waals surface area contributed by atoms with E-state index in [1.165, 1.54) is 18.2 Å². The van der Waals surface area contributed by atoms with Crippen molar-refractivity contribution in [1.29, 1.82) is 0 Å². The van der Waals surface area contributed by atoms with Crippen molar-refractivity contribution in [1.82, 2.24) is 4.98 Å². The Hall–Kier alpha value is -1.95. The van der Waals surface area contributed by atoms with Gasteiger partial charge in [-0.3, -0.25) is 0 Å². The Morgan fingerprint density at radius 3 is 2.55 bits per heavy atom. The molecule has 1 aromatic heterocycles. The predicted octanol–water partition coefficient (Wildman–Crippen LogP) is 4.33. The van der Waals surface area contributed by atoms with Gasteiger partial charge in [0.05, 0.1) is 10.7 Å². The molecule has 0 aliphatic rings. The maximum absolute atomic E-state index is 13.7. The van der Waals surface area contributed by atoms with E-state index in [1.807, 2.05) is 0 Å². The third-order valence-corrected chi connectivity index (χ3v) is 2.77. The SMILES string of the molecule is CCNc1nc(Nc2cccc(Cl)c2F)c(F)cc1F. The molecule has 2 aromatic rings. The minimum absolute atomic E-state index is 0.0436. The van der Waals surface area contributed by atoms with Crippen molar-refractivity contribution in [3.05, 3.63) is 46.7 Å². The molecule has 1 aromatic carbocycles. The number of hydrogen-bond acceptors (Lipinski definition) is 3. The van der Waals surface area contributed by atoms with Crippen LogP contribution in [0.5, 0.6) is 0 Å². The second kappa shape index (κ2) is 6.00. The Morgan fingerprint density at radius 2 is 1.85 bits per heavy atom. The Bertz CT molecular complexity index is 634. The van der Waals surface area contributed by atoms with E-state index >= 15 is 0 Å². The van der Waals surface area contributed by atoms with E-state index in [-0.39, 0.29) is 22.3 Å². The molecule has 2 rings (SSSR count). The summed E-state index contributed by atoms with van der Waals surface area (Å²) in [5.74, 6) is -2.88. The van der Waals surface area contributed by atoms with Gasteiger partial charge in [-0.15, -0.1) is 0 Å².